The summed E-state index contributed by atoms with van der Waals surface area (Å²) in [4.78, 5) is 20.4. The lowest BCUT2D eigenvalue weighted by atomic mass is 9.87. The summed E-state index contributed by atoms with van der Waals surface area (Å²) < 4.78 is 5.51. The van der Waals surface area contributed by atoms with Gasteiger partial charge in [0.05, 0.1) is 20.9 Å². The predicted molar refractivity (Wildman–Crippen MR) is 90.0 cm³/mol. The van der Waals surface area contributed by atoms with Gasteiger partial charge in [0.2, 0.25) is 5.75 Å². The molecule has 7 nitrogen and oxygen atoms in total. The quantitative estimate of drug-likeness (QED) is 0.554. The monoisotopic (exact) mass is 350 g/mol. The molecule has 2 rings (SSSR count). The highest BCUT2D eigenvalue weighted by molar-refractivity contribution is 6.32. The van der Waals surface area contributed by atoms with E-state index < -0.39 is 15.5 Å². The van der Waals surface area contributed by atoms with Crippen LogP contribution in [-0.2, 0) is 5.41 Å². The van der Waals surface area contributed by atoms with Gasteiger partial charge in [0.1, 0.15) is 5.75 Å². The van der Waals surface area contributed by atoms with Gasteiger partial charge in [0.25, 0.3) is 5.69 Å². The molecule has 0 aliphatic heterocycles. The van der Waals surface area contributed by atoms with Crippen LogP contribution in [-0.4, -0.2) is 9.85 Å². The van der Waals surface area contributed by atoms with Gasteiger partial charge in [-0.15, -0.1) is 0 Å². The highest BCUT2D eigenvalue weighted by Gasteiger charge is 2.22. The van der Waals surface area contributed by atoms with E-state index in [9.17, 15) is 20.2 Å². The number of nitrogens with zero attached hydrogens (tertiary/aromatic N) is 2. The zero-order chi connectivity index (χ0) is 18.1. The van der Waals surface area contributed by atoms with Crippen LogP contribution in [0.3, 0.4) is 0 Å². The van der Waals surface area contributed by atoms with E-state index in [1.165, 1.54) is 6.07 Å². The maximum Gasteiger partial charge on any atom is 0.318 e. The fraction of sp³-hybridized carbons (Fsp3) is 0.250. The molecule has 0 N–H and O–H groups in total. The number of nitro benzene ring substituents is 2. The molecule has 0 bridgehead atoms. The van der Waals surface area contributed by atoms with Crippen LogP contribution >= 0.6 is 11.6 Å². The maximum absolute atomic E-state index is 11.1. The highest BCUT2D eigenvalue weighted by atomic mass is 35.5. The summed E-state index contributed by atoms with van der Waals surface area (Å²) in [6, 6.07) is 8.34. The Kier molecular flexibility index (Phi) is 4.75. The van der Waals surface area contributed by atoms with Crippen LogP contribution < -0.4 is 4.74 Å². The third-order valence-electron chi connectivity index (χ3n) is 3.37. The number of ether oxygens (including phenoxy) is 1. The zero-order valence-corrected chi connectivity index (χ0v) is 14.0. The van der Waals surface area contributed by atoms with Crippen molar-refractivity contribution in [3.63, 3.8) is 0 Å². The second-order valence-electron chi connectivity index (χ2n) is 6.16. The summed E-state index contributed by atoms with van der Waals surface area (Å²) in [5.74, 6) is 0.123. The SMILES string of the molecule is CC(C)(C)c1ccc(Oc2ccc([N+](=O)[O-])cc2[N+](=O)[O-])c(Cl)c1. The van der Waals surface area contributed by atoms with Crippen LogP contribution in [0.25, 0.3) is 0 Å². The average molecular weight is 351 g/mol. The second-order valence-corrected chi connectivity index (χ2v) is 6.57. The van der Waals surface area contributed by atoms with E-state index in [0.29, 0.717) is 5.02 Å². The zero-order valence-electron chi connectivity index (χ0n) is 13.3. The number of hydrogen-bond acceptors (Lipinski definition) is 5. The summed E-state index contributed by atoms with van der Waals surface area (Å²) in [7, 11) is 0. The Bertz CT molecular complexity index is 815. The highest BCUT2D eigenvalue weighted by Crippen LogP contribution is 2.38. The number of benzene rings is 2. The molecule has 0 radical (unpaired) electrons. The van der Waals surface area contributed by atoms with Gasteiger partial charge in [0, 0.05) is 6.07 Å². The molecule has 2 aromatic rings. The molecule has 0 spiro atoms. The minimum atomic E-state index is -0.736. The van der Waals surface area contributed by atoms with Crippen LogP contribution in [0.4, 0.5) is 11.4 Å². The standard InChI is InChI=1S/C16H15ClN2O5/c1-16(2,3)10-4-6-14(12(17)8-10)24-15-7-5-11(18(20)21)9-13(15)19(22)23/h4-9H,1-3H3. The first kappa shape index (κ1) is 17.7. The molecule has 0 saturated carbocycles. The van der Waals surface area contributed by atoms with Gasteiger partial charge < -0.3 is 4.74 Å². The van der Waals surface area contributed by atoms with Gasteiger partial charge in [-0.1, -0.05) is 38.4 Å². The molecular formula is C16H15ClN2O5. The number of halogens is 1. The van der Waals surface area contributed by atoms with E-state index in [4.69, 9.17) is 16.3 Å². The first-order valence-corrected chi connectivity index (χ1v) is 7.38. The van der Waals surface area contributed by atoms with Crippen LogP contribution in [0.2, 0.25) is 5.02 Å². The fourth-order valence-corrected chi connectivity index (χ4v) is 2.24. The maximum atomic E-state index is 11.1. The molecule has 126 valence electrons. The number of nitro groups is 2. The van der Waals surface area contributed by atoms with Crippen molar-refractivity contribution < 1.29 is 14.6 Å². The molecule has 0 aromatic heterocycles. The minimum absolute atomic E-state index is 0.110. The Labute approximate surface area is 143 Å². The molecule has 8 heteroatoms. The van der Waals surface area contributed by atoms with Crippen molar-refractivity contribution in [3.8, 4) is 11.5 Å². The molecule has 0 atom stereocenters. The first-order valence-electron chi connectivity index (χ1n) is 7.00. The topological polar surface area (TPSA) is 95.5 Å². The van der Waals surface area contributed by atoms with Gasteiger partial charge in [0.15, 0.2) is 0 Å². The fourth-order valence-electron chi connectivity index (χ4n) is 2.02. The van der Waals surface area contributed by atoms with Crippen molar-refractivity contribution in [1.29, 1.82) is 0 Å². The van der Waals surface area contributed by atoms with Crippen molar-refractivity contribution in [2.24, 2.45) is 0 Å². The van der Waals surface area contributed by atoms with Crippen LogP contribution in [0, 0.1) is 20.2 Å². The Morgan fingerprint density at radius 3 is 2.08 bits per heavy atom. The molecular weight excluding hydrogens is 336 g/mol. The van der Waals surface area contributed by atoms with Crippen LogP contribution in [0.1, 0.15) is 26.3 Å². The van der Waals surface area contributed by atoms with Gasteiger partial charge >= 0.3 is 5.69 Å². The van der Waals surface area contributed by atoms with Crippen molar-refractivity contribution in [2.45, 2.75) is 26.2 Å². The normalized spacial score (nSPS) is 11.2. The van der Waals surface area contributed by atoms with Crippen molar-refractivity contribution >= 4 is 23.0 Å². The molecule has 24 heavy (non-hydrogen) atoms. The van der Waals surface area contributed by atoms with Crippen LogP contribution in [0.5, 0.6) is 11.5 Å². The lowest BCUT2D eigenvalue weighted by molar-refractivity contribution is -0.394. The molecule has 0 saturated heterocycles. The van der Waals surface area contributed by atoms with Crippen molar-refractivity contribution in [3.05, 3.63) is 67.2 Å². The van der Waals surface area contributed by atoms with Gasteiger partial charge in [-0.3, -0.25) is 20.2 Å². The first-order chi connectivity index (χ1) is 11.1. The van der Waals surface area contributed by atoms with Crippen molar-refractivity contribution in [2.75, 3.05) is 0 Å². The van der Waals surface area contributed by atoms with E-state index in [2.05, 4.69) is 0 Å². The minimum Gasteiger partial charge on any atom is -0.449 e. The van der Waals surface area contributed by atoms with Crippen molar-refractivity contribution in [1.82, 2.24) is 0 Å². The number of non-ortho nitro benzene ring substituents is 1. The third-order valence-corrected chi connectivity index (χ3v) is 3.66. The molecule has 0 fully saturated rings. The second kappa shape index (κ2) is 6.45. The number of hydrogen-bond donors (Lipinski definition) is 0. The Balaban J connectivity index is 2.41. The molecule has 0 unspecified atom stereocenters. The molecule has 0 amide bonds. The Morgan fingerprint density at radius 2 is 1.58 bits per heavy atom. The van der Waals surface area contributed by atoms with E-state index in [1.54, 1.807) is 12.1 Å². The Hall–Kier alpha value is -2.67. The number of rotatable bonds is 4. The lowest BCUT2D eigenvalue weighted by Gasteiger charge is -2.20. The molecule has 2 aromatic carbocycles. The summed E-state index contributed by atoms with van der Waals surface area (Å²) in [6.45, 7) is 6.08. The lowest BCUT2D eigenvalue weighted by Crippen LogP contribution is -2.10. The summed E-state index contributed by atoms with van der Waals surface area (Å²) >= 11 is 6.20. The Morgan fingerprint density at radius 1 is 0.958 bits per heavy atom. The van der Waals surface area contributed by atoms with E-state index in [0.717, 1.165) is 17.7 Å². The molecule has 0 aliphatic carbocycles. The van der Waals surface area contributed by atoms with E-state index in [-0.39, 0.29) is 22.6 Å². The van der Waals surface area contributed by atoms with Gasteiger partial charge in [-0.25, -0.2) is 0 Å². The van der Waals surface area contributed by atoms with Gasteiger partial charge in [-0.05, 0) is 29.2 Å². The van der Waals surface area contributed by atoms with Gasteiger partial charge in [-0.2, -0.15) is 0 Å². The largest absolute Gasteiger partial charge is 0.449 e. The molecule has 0 heterocycles. The summed E-state index contributed by atoms with van der Waals surface area (Å²) in [6.07, 6.45) is 0. The summed E-state index contributed by atoms with van der Waals surface area (Å²) in [5, 5.41) is 22.2. The molecule has 0 aliphatic rings. The van der Waals surface area contributed by atoms with E-state index >= 15 is 0 Å². The smallest absolute Gasteiger partial charge is 0.318 e. The predicted octanol–water partition coefficient (Wildman–Crippen LogP) is 5.25. The van der Waals surface area contributed by atoms with Crippen LogP contribution in [0.15, 0.2) is 36.4 Å². The average Bonchev–Trinajstić information content (AvgIpc) is 2.48. The third kappa shape index (κ3) is 3.80. The summed E-state index contributed by atoms with van der Waals surface area (Å²) in [5.41, 5.74) is -0.0110. The van der Waals surface area contributed by atoms with E-state index in [1.807, 2.05) is 26.8 Å².